The Labute approximate surface area is 119 Å². The fraction of sp³-hybridized carbons (Fsp3) is 0.267. The van der Waals surface area contributed by atoms with Crippen LogP contribution < -0.4 is 5.73 Å². The van der Waals surface area contributed by atoms with E-state index in [1.807, 2.05) is 0 Å². The van der Waals surface area contributed by atoms with Crippen molar-refractivity contribution < 1.29 is 17.6 Å². The van der Waals surface area contributed by atoms with E-state index in [-0.39, 0.29) is 11.5 Å². The molecule has 0 aliphatic rings. The van der Waals surface area contributed by atoms with Crippen LogP contribution in [0, 0.1) is 5.82 Å². The first-order chi connectivity index (χ1) is 9.80. The molecule has 0 saturated heterocycles. The molecule has 1 aromatic carbocycles. The van der Waals surface area contributed by atoms with Crippen molar-refractivity contribution in [3.63, 3.8) is 0 Å². The molecule has 112 valence electrons. The number of hydrogen-bond acceptors (Lipinski definition) is 2. The molecule has 2 N–H and O–H groups in total. The van der Waals surface area contributed by atoms with Gasteiger partial charge >= 0.3 is 6.18 Å². The molecule has 2 atom stereocenters. The Morgan fingerprint density at radius 1 is 1.14 bits per heavy atom. The number of nitrogens with zero attached hydrogens (tertiary/aromatic N) is 1. The van der Waals surface area contributed by atoms with Crippen LogP contribution in [0.25, 0.3) is 0 Å². The molecule has 2 aromatic rings. The fourth-order valence-corrected chi connectivity index (χ4v) is 2.09. The molecule has 21 heavy (non-hydrogen) atoms. The Balaban J connectivity index is 2.34. The van der Waals surface area contributed by atoms with Crippen LogP contribution in [0.15, 0.2) is 42.6 Å². The van der Waals surface area contributed by atoms with E-state index in [0.717, 1.165) is 12.1 Å². The van der Waals surface area contributed by atoms with Crippen molar-refractivity contribution in [1.29, 1.82) is 0 Å². The minimum atomic E-state index is -4.74. The highest BCUT2D eigenvalue weighted by Crippen LogP contribution is 2.35. The Kier molecular flexibility index (Phi) is 4.27. The topological polar surface area (TPSA) is 38.9 Å². The highest BCUT2D eigenvalue weighted by atomic mass is 19.4. The highest BCUT2D eigenvalue weighted by molar-refractivity contribution is 5.31. The summed E-state index contributed by atoms with van der Waals surface area (Å²) in [5, 5.41) is 0. The molecule has 0 spiro atoms. The van der Waals surface area contributed by atoms with Gasteiger partial charge in [-0.25, -0.2) is 4.39 Å². The van der Waals surface area contributed by atoms with E-state index in [4.69, 9.17) is 5.73 Å². The van der Waals surface area contributed by atoms with Gasteiger partial charge in [0.15, 0.2) is 0 Å². The molecule has 0 fully saturated rings. The van der Waals surface area contributed by atoms with E-state index in [2.05, 4.69) is 4.98 Å². The lowest BCUT2D eigenvalue weighted by Crippen LogP contribution is -2.20. The minimum absolute atomic E-state index is 0.224. The lowest BCUT2D eigenvalue weighted by Gasteiger charge is -2.21. The first-order valence-corrected chi connectivity index (χ1v) is 6.34. The van der Waals surface area contributed by atoms with Crippen molar-refractivity contribution in [2.45, 2.75) is 25.1 Å². The molecule has 0 aliphatic heterocycles. The number of nitrogens with two attached hydrogens (primary N) is 1. The molecule has 1 heterocycles. The maximum atomic E-state index is 13.3. The largest absolute Gasteiger partial charge is 0.419 e. The van der Waals surface area contributed by atoms with E-state index in [0.29, 0.717) is 5.69 Å². The molecule has 0 radical (unpaired) electrons. The zero-order chi connectivity index (χ0) is 15.6. The van der Waals surface area contributed by atoms with Gasteiger partial charge in [-0.2, -0.15) is 13.2 Å². The van der Waals surface area contributed by atoms with Gasteiger partial charge in [-0.15, -0.1) is 0 Å². The Hall–Kier alpha value is -1.95. The van der Waals surface area contributed by atoms with Gasteiger partial charge in [-0.3, -0.25) is 4.98 Å². The Bertz CT molecular complexity index is 611. The predicted octanol–water partition coefficient (Wildman–Crippen LogP) is 4.04. The molecular weight excluding hydrogens is 284 g/mol. The van der Waals surface area contributed by atoms with Crippen molar-refractivity contribution in [3.05, 3.63) is 65.2 Å². The summed E-state index contributed by atoms with van der Waals surface area (Å²) in [6.07, 6.45) is -3.15. The van der Waals surface area contributed by atoms with Gasteiger partial charge in [0.05, 0.1) is 5.56 Å². The third-order valence-corrected chi connectivity index (χ3v) is 3.37. The monoisotopic (exact) mass is 298 g/mol. The zero-order valence-corrected chi connectivity index (χ0v) is 11.2. The maximum Gasteiger partial charge on any atom is 0.419 e. The average Bonchev–Trinajstić information content (AvgIpc) is 2.46. The summed E-state index contributed by atoms with van der Waals surface area (Å²) in [7, 11) is 0. The summed E-state index contributed by atoms with van der Waals surface area (Å²) in [5.74, 6) is -1.60. The second kappa shape index (κ2) is 5.81. The Morgan fingerprint density at radius 2 is 1.86 bits per heavy atom. The standard InChI is InChI=1S/C15H14F4N2/c1-9(13-4-2-3-7-21-13)14(20)10-5-6-12(16)11(8-10)15(17,18)19/h2-9,14H,20H2,1H3. The van der Waals surface area contributed by atoms with Crippen LogP contribution in [0.4, 0.5) is 17.6 Å². The lowest BCUT2D eigenvalue weighted by atomic mass is 9.91. The number of rotatable bonds is 3. The van der Waals surface area contributed by atoms with Crippen molar-refractivity contribution >= 4 is 0 Å². The summed E-state index contributed by atoms with van der Waals surface area (Å²) < 4.78 is 51.4. The summed E-state index contributed by atoms with van der Waals surface area (Å²) in [6.45, 7) is 1.77. The summed E-state index contributed by atoms with van der Waals surface area (Å²) in [6, 6.07) is 7.39. The van der Waals surface area contributed by atoms with Gasteiger partial charge in [0.1, 0.15) is 5.82 Å². The van der Waals surface area contributed by atoms with E-state index in [1.165, 1.54) is 6.07 Å². The average molecular weight is 298 g/mol. The van der Waals surface area contributed by atoms with Crippen LogP contribution in [-0.4, -0.2) is 4.98 Å². The van der Waals surface area contributed by atoms with Gasteiger partial charge in [-0.1, -0.05) is 19.1 Å². The van der Waals surface area contributed by atoms with E-state index >= 15 is 0 Å². The third kappa shape index (κ3) is 3.39. The van der Waals surface area contributed by atoms with Crippen molar-refractivity contribution in [2.24, 2.45) is 5.73 Å². The first-order valence-electron chi connectivity index (χ1n) is 6.34. The SMILES string of the molecule is CC(c1ccccn1)C(N)c1ccc(F)c(C(F)(F)F)c1. The van der Waals surface area contributed by atoms with E-state index in [1.54, 1.807) is 31.3 Å². The number of hydrogen-bond donors (Lipinski definition) is 1. The number of pyridine rings is 1. The summed E-state index contributed by atoms with van der Waals surface area (Å²) in [4.78, 5) is 4.14. The second-order valence-electron chi connectivity index (χ2n) is 4.81. The predicted molar refractivity (Wildman–Crippen MR) is 71.0 cm³/mol. The van der Waals surface area contributed by atoms with Gasteiger partial charge in [0.2, 0.25) is 0 Å². The molecular formula is C15H14F4N2. The van der Waals surface area contributed by atoms with E-state index in [9.17, 15) is 17.6 Å². The molecule has 6 heteroatoms. The van der Waals surface area contributed by atoms with Gasteiger partial charge in [-0.05, 0) is 29.8 Å². The molecule has 2 nitrogen and oxygen atoms in total. The number of benzene rings is 1. The smallest absolute Gasteiger partial charge is 0.323 e. The molecule has 2 unspecified atom stereocenters. The van der Waals surface area contributed by atoms with Gasteiger partial charge in [0.25, 0.3) is 0 Å². The normalized spacial score (nSPS) is 14.8. The number of aromatic nitrogens is 1. The molecule has 1 aromatic heterocycles. The van der Waals surface area contributed by atoms with Crippen LogP contribution in [0.5, 0.6) is 0 Å². The Morgan fingerprint density at radius 3 is 2.43 bits per heavy atom. The van der Waals surface area contributed by atoms with Crippen LogP contribution >= 0.6 is 0 Å². The first kappa shape index (κ1) is 15.4. The summed E-state index contributed by atoms with van der Waals surface area (Å²) in [5.41, 5.74) is 5.59. The van der Waals surface area contributed by atoms with Crippen LogP contribution in [0.3, 0.4) is 0 Å². The van der Waals surface area contributed by atoms with Crippen LogP contribution in [0.1, 0.15) is 35.7 Å². The zero-order valence-electron chi connectivity index (χ0n) is 11.2. The minimum Gasteiger partial charge on any atom is -0.323 e. The highest BCUT2D eigenvalue weighted by Gasteiger charge is 2.35. The van der Waals surface area contributed by atoms with Gasteiger partial charge < -0.3 is 5.73 Å². The molecule has 0 saturated carbocycles. The third-order valence-electron chi connectivity index (χ3n) is 3.37. The maximum absolute atomic E-state index is 13.3. The van der Waals surface area contributed by atoms with Gasteiger partial charge in [0, 0.05) is 23.9 Å². The van der Waals surface area contributed by atoms with Crippen LogP contribution in [-0.2, 0) is 6.18 Å². The quantitative estimate of drug-likeness (QED) is 0.868. The molecule has 2 rings (SSSR count). The van der Waals surface area contributed by atoms with Crippen LogP contribution in [0.2, 0.25) is 0 Å². The van der Waals surface area contributed by atoms with Crippen molar-refractivity contribution in [1.82, 2.24) is 4.98 Å². The van der Waals surface area contributed by atoms with E-state index < -0.39 is 23.6 Å². The lowest BCUT2D eigenvalue weighted by molar-refractivity contribution is -0.140. The number of alkyl halides is 3. The summed E-state index contributed by atoms with van der Waals surface area (Å²) >= 11 is 0. The molecule has 0 amide bonds. The molecule has 0 bridgehead atoms. The number of halogens is 4. The van der Waals surface area contributed by atoms with Crippen molar-refractivity contribution in [3.8, 4) is 0 Å². The second-order valence-corrected chi connectivity index (χ2v) is 4.81. The fourth-order valence-electron chi connectivity index (χ4n) is 2.09. The van der Waals surface area contributed by atoms with Crippen molar-refractivity contribution in [2.75, 3.05) is 0 Å². The molecule has 0 aliphatic carbocycles.